The Morgan fingerprint density at radius 1 is 1.00 bits per heavy atom. The first kappa shape index (κ1) is 22.3. The number of benzene rings is 2. The van der Waals surface area contributed by atoms with Gasteiger partial charge in [0.05, 0.1) is 34.0 Å². The molecule has 9 nitrogen and oxygen atoms in total. The van der Waals surface area contributed by atoms with Gasteiger partial charge in [0, 0.05) is 20.5 Å². The molecule has 0 saturated carbocycles. The molecular formula is C21H23N3O6S. The van der Waals surface area contributed by atoms with Crippen LogP contribution in [0.4, 0.5) is 5.69 Å². The zero-order valence-electron chi connectivity index (χ0n) is 17.4. The maximum absolute atomic E-state index is 12.8. The van der Waals surface area contributed by atoms with E-state index in [2.05, 4.69) is 5.32 Å². The van der Waals surface area contributed by atoms with Crippen molar-refractivity contribution in [3.05, 3.63) is 63.2 Å². The molecule has 0 aliphatic heterocycles. The fraction of sp³-hybridized carbons (Fsp3) is 0.286. The fourth-order valence-electron chi connectivity index (χ4n) is 3.16. The molecule has 164 valence electrons. The SMILES string of the molecule is CCOc1ccccc1NC(=O)CCS(=O)(=O)c1ccc2c(c1)n(C)c(=O)c(=O)n2C. The maximum atomic E-state index is 12.8. The van der Waals surface area contributed by atoms with Gasteiger partial charge in [0.1, 0.15) is 5.75 Å². The molecule has 1 amide bonds. The highest BCUT2D eigenvalue weighted by molar-refractivity contribution is 7.91. The van der Waals surface area contributed by atoms with E-state index in [0.29, 0.717) is 29.1 Å². The summed E-state index contributed by atoms with van der Waals surface area (Å²) in [5.41, 5.74) is -0.250. The number of nitrogens with one attached hydrogen (secondary N) is 1. The molecule has 0 spiro atoms. The van der Waals surface area contributed by atoms with Gasteiger partial charge in [0.15, 0.2) is 9.84 Å². The summed E-state index contributed by atoms with van der Waals surface area (Å²) >= 11 is 0. The van der Waals surface area contributed by atoms with Crippen molar-refractivity contribution in [3.63, 3.8) is 0 Å². The lowest BCUT2D eigenvalue weighted by Crippen LogP contribution is -2.39. The van der Waals surface area contributed by atoms with Crippen molar-refractivity contribution in [2.75, 3.05) is 17.7 Å². The predicted octanol–water partition coefficient (Wildman–Crippen LogP) is 1.44. The van der Waals surface area contributed by atoms with Gasteiger partial charge in [-0.15, -0.1) is 0 Å². The number of aromatic nitrogens is 2. The molecule has 0 unspecified atom stereocenters. The highest BCUT2D eigenvalue weighted by Crippen LogP contribution is 2.24. The van der Waals surface area contributed by atoms with Crippen LogP contribution in [0.3, 0.4) is 0 Å². The van der Waals surface area contributed by atoms with Gasteiger partial charge in [0.2, 0.25) is 5.91 Å². The Morgan fingerprint density at radius 2 is 1.65 bits per heavy atom. The number of sulfone groups is 1. The molecule has 3 aromatic rings. The smallest absolute Gasteiger partial charge is 0.316 e. The van der Waals surface area contributed by atoms with Gasteiger partial charge in [-0.05, 0) is 37.3 Å². The summed E-state index contributed by atoms with van der Waals surface area (Å²) < 4.78 is 33.3. The number of carbonyl (C=O) groups excluding carboxylic acids is 1. The van der Waals surface area contributed by atoms with E-state index in [4.69, 9.17) is 4.74 Å². The predicted molar refractivity (Wildman–Crippen MR) is 117 cm³/mol. The first-order valence-electron chi connectivity index (χ1n) is 9.60. The number of rotatable bonds is 7. The molecule has 0 radical (unpaired) electrons. The van der Waals surface area contributed by atoms with Crippen LogP contribution in [0.1, 0.15) is 13.3 Å². The number of hydrogen-bond acceptors (Lipinski definition) is 6. The second-order valence-corrected chi connectivity index (χ2v) is 9.03. The normalized spacial score (nSPS) is 11.5. The highest BCUT2D eigenvalue weighted by Gasteiger charge is 2.19. The van der Waals surface area contributed by atoms with E-state index in [1.807, 2.05) is 6.92 Å². The van der Waals surface area contributed by atoms with E-state index < -0.39 is 32.6 Å². The molecule has 0 bridgehead atoms. The molecule has 31 heavy (non-hydrogen) atoms. The molecule has 0 saturated heterocycles. The Balaban J connectivity index is 1.81. The summed E-state index contributed by atoms with van der Waals surface area (Å²) in [5.74, 6) is -0.380. The van der Waals surface area contributed by atoms with E-state index in [-0.39, 0.29) is 11.3 Å². The summed E-state index contributed by atoms with van der Waals surface area (Å²) in [6.07, 6.45) is -0.257. The van der Waals surface area contributed by atoms with Gasteiger partial charge in [-0.3, -0.25) is 14.4 Å². The van der Waals surface area contributed by atoms with Crippen molar-refractivity contribution in [1.82, 2.24) is 9.13 Å². The second-order valence-electron chi connectivity index (χ2n) is 6.93. The van der Waals surface area contributed by atoms with E-state index in [0.717, 1.165) is 4.57 Å². The molecule has 1 heterocycles. The van der Waals surface area contributed by atoms with Crippen LogP contribution in [0.2, 0.25) is 0 Å². The Hall–Kier alpha value is -3.40. The second kappa shape index (κ2) is 8.76. The summed E-state index contributed by atoms with van der Waals surface area (Å²) in [7, 11) is -0.949. The van der Waals surface area contributed by atoms with Crippen molar-refractivity contribution in [2.24, 2.45) is 14.1 Å². The largest absolute Gasteiger partial charge is 0.492 e. The minimum Gasteiger partial charge on any atom is -0.492 e. The van der Waals surface area contributed by atoms with E-state index in [9.17, 15) is 22.8 Å². The van der Waals surface area contributed by atoms with Gasteiger partial charge in [0.25, 0.3) is 0 Å². The average molecular weight is 445 g/mol. The lowest BCUT2D eigenvalue weighted by molar-refractivity contribution is -0.115. The Morgan fingerprint density at radius 3 is 2.32 bits per heavy atom. The third-order valence-electron chi connectivity index (χ3n) is 4.88. The molecule has 0 aliphatic carbocycles. The molecule has 1 aromatic heterocycles. The van der Waals surface area contributed by atoms with Crippen LogP contribution in [0, 0.1) is 0 Å². The number of fused-ring (bicyclic) bond motifs is 1. The third-order valence-corrected chi connectivity index (χ3v) is 6.59. The molecule has 10 heteroatoms. The maximum Gasteiger partial charge on any atom is 0.316 e. The van der Waals surface area contributed by atoms with Crippen LogP contribution in [-0.4, -0.2) is 35.8 Å². The first-order valence-corrected chi connectivity index (χ1v) is 11.2. The minimum atomic E-state index is -3.81. The van der Waals surface area contributed by atoms with Gasteiger partial charge in [-0.1, -0.05) is 12.1 Å². The van der Waals surface area contributed by atoms with E-state index in [1.165, 1.54) is 36.9 Å². The number of hydrogen-bond donors (Lipinski definition) is 1. The van der Waals surface area contributed by atoms with Crippen molar-refractivity contribution >= 4 is 32.5 Å². The number of aryl methyl sites for hydroxylation is 2. The highest BCUT2D eigenvalue weighted by atomic mass is 32.2. The fourth-order valence-corrected chi connectivity index (χ4v) is 4.42. The number of para-hydroxylation sites is 2. The zero-order valence-corrected chi connectivity index (χ0v) is 18.2. The third kappa shape index (κ3) is 4.53. The van der Waals surface area contributed by atoms with Crippen LogP contribution in [0.5, 0.6) is 5.75 Å². The summed E-state index contributed by atoms with van der Waals surface area (Å²) in [4.78, 5) is 36.3. The van der Waals surface area contributed by atoms with Crippen LogP contribution >= 0.6 is 0 Å². The number of nitrogens with zero attached hydrogens (tertiary/aromatic N) is 2. The standard InChI is InChI=1S/C21H23N3O6S/c1-4-30-18-8-6-5-7-15(18)22-19(25)11-12-31(28,29)14-9-10-16-17(13-14)24(3)21(27)20(26)23(16)2/h5-10,13H,4,11-12H2,1-3H3,(H,22,25). The number of anilines is 1. The number of carbonyl (C=O) groups is 1. The topological polar surface area (TPSA) is 116 Å². The molecule has 0 atom stereocenters. The molecule has 1 N–H and O–H groups in total. The van der Waals surface area contributed by atoms with Gasteiger partial charge in [-0.25, -0.2) is 8.42 Å². The Labute approximate surface area is 178 Å². The first-order chi connectivity index (χ1) is 14.7. The Bertz CT molecular complexity index is 1370. The monoisotopic (exact) mass is 445 g/mol. The van der Waals surface area contributed by atoms with Crippen molar-refractivity contribution in [3.8, 4) is 5.75 Å². The van der Waals surface area contributed by atoms with Crippen molar-refractivity contribution < 1.29 is 17.9 Å². The van der Waals surface area contributed by atoms with E-state index >= 15 is 0 Å². The number of amides is 1. The zero-order chi connectivity index (χ0) is 22.8. The average Bonchev–Trinajstić information content (AvgIpc) is 2.76. The van der Waals surface area contributed by atoms with Crippen molar-refractivity contribution in [2.45, 2.75) is 18.2 Å². The van der Waals surface area contributed by atoms with Gasteiger partial charge in [-0.2, -0.15) is 0 Å². The Kier molecular flexibility index (Phi) is 6.30. The summed E-state index contributed by atoms with van der Waals surface area (Å²) in [6.45, 7) is 2.25. The van der Waals surface area contributed by atoms with E-state index in [1.54, 1.807) is 24.3 Å². The molecule has 2 aromatic carbocycles. The lowest BCUT2D eigenvalue weighted by atomic mass is 10.3. The van der Waals surface area contributed by atoms with Crippen LogP contribution in [0.25, 0.3) is 11.0 Å². The van der Waals surface area contributed by atoms with Crippen LogP contribution in [-0.2, 0) is 28.7 Å². The van der Waals surface area contributed by atoms with Crippen molar-refractivity contribution in [1.29, 1.82) is 0 Å². The molecule has 0 aliphatic rings. The lowest BCUT2D eigenvalue weighted by Gasteiger charge is -2.12. The van der Waals surface area contributed by atoms with Crippen LogP contribution in [0.15, 0.2) is 56.9 Å². The quantitative estimate of drug-likeness (QED) is 0.550. The number of ether oxygens (including phenoxy) is 1. The van der Waals surface area contributed by atoms with Gasteiger partial charge >= 0.3 is 11.1 Å². The summed E-state index contributed by atoms with van der Waals surface area (Å²) in [6, 6.07) is 11.1. The molecule has 0 fully saturated rings. The minimum absolute atomic E-state index is 0.0313. The molecular weight excluding hydrogens is 422 g/mol. The van der Waals surface area contributed by atoms with Crippen LogP contribution < -0.4 is 21.2 Å². The van der Waals surface area contributed by atoms with Gasteiger partial charge < -0.3 is 19.2 Å². The summed E-state index contributed by atoms with van der Waals surface area (Å²) in [5, 5.41) is 2.67. The molecule has 3 rings (SSSR count).